The molecule has 1 aliphatic heterocycles. The minimum Gasteiger partial charge on any atom is -0.462 e. The molecule has 2 aromatic heterocycles. The van der Waals surface area contributed by atoms with Gasteiger partial charge >= 0.3 is 5.97 Å². The van der Waals surface area contributed by atoms with Crippen LogP contribution in [0.4, 0.5) is 5.00 Å². The zero-order valence-corrected chi connectivity index (χ0v) is 18.7. The average molecular weight is 426 g/mol. The van der Waals surface area contributed by atoms with E-state index >= 15 is 0 Å². The normalized spacial score (nSPS) is 14.0. The lowest BCUT2D eigenvalue weighted by molar-refractivity contribution is 0.0526. The molecule has 0 saturated carbocycles. The highest BCUT2D eigenvalue weighted by atomic mass is 32.1. The molecule has 6 nitrogen and oxygen atoms in total. The van der Waals surface area contributed by atoms with E-state index in [2.05, 4.69) is 17.3 Å². The molecule has 0 fully saturated rings. The number of hydrogen-bond acceptors (Lipinski definition) is 5. The van der Waals surface area contributed by atoms with Gasteiger partial charge in [0.25, 0.3) is 5.91 Å². The number of aryl methyl sites for hydroxylation is 2. The van der Waals surface area contributed by atoms with Gasteiger partial charge in [0, 0.05) is 35.4 Å². The molecule has 1 amide bonds. The molecule has 0 atom stereocenters. The number of ether oxygens (including phenoxy) is 1. The van der Waals surface area contributed by atoms with Crippen molar-refractivity contribution in [1.82, 2.24) is 9.47 Å². The third kappa shape index (κ3) is 3.42. The van der Waals surface area contributed by atoms with Gasteiger partial charge in [-0.25, -0.2) is 4.79 Å². The molecule has 158 valence electrons. The Morgan fingerprint density at radius 1 is 1.23 bits per heavy atom. The van der Waals surface area contributed by atoms with E-state index in [-0.39, 0.29) is 11.9 Å². The molecule has 0 spiro atoms. The summed E-state index contributed by atoms with van der Waals surface area (Å²) in [6, 6.07) is 8.04. The molecule has 1 aromatic carbocycles. The number of amides is 1. The lowest BCUT2D eigenvalue weighted by Crippen LogP contribution is -2.26. The summed E-state index contributed by atoms with van der Waals surface area (Å²) < 4.78 is 7.35. The predicted octanol–water partition coefficient (Wildman–Crippen LogP) is 4.45. The number of carbonyl (C=O) groups is 2. The summed E-state index contributed by atoms with van der Waals surface area (Å²) in [5, 5.41) is 4.71. The smallest absolute Gasteiger partial charge is 0.341 e. The third-order valence-electron chi connectivity index (χ3n) is 5.71. The summed E-state index contributed by atoms with van der Waals surface area (Å²) in [7, 11) is 2.06. The predicted molar refractivity (Wildman–Crippen MR) is 121 cm³/mol. The molecule has 7 heteroatoms. The number of nitrogens with zero attached hydrogens (tertiary/aromatic N) is 2. The standard InChI is InChI=1S/C23H27N3O3S/c1-5-26-17-10-8-7-9-15(17)14(3)20(26)21(27)24-22-19(23(28)29-6-2)16-11-12-25(4)13-18(16)30-22/h7-10H,5-6,11-13H2,1-4H3,(H,24,27). The van der Waals surface area contributed by atoms with Crippen LogP contribution in [0.3, 0.4) is 0 Å². The van der Waals surface area contributed by atoms with Gasteiger partial charge in [0.05, 0.1) is 12.2 Å². The van der Waals surface area contributed by atoms with Gasteiger partial charge in [-0.2, -0.15) is 0 Å². The number of likely N-dealkylation sites (N-methyl/N-ethyl adjacent to an activating group) is 1. The Morgan fingerprint density at radius 2 is 2.00 bits per heavy atom. The zero-order chi connectivity index (χ0) is 21.4. The topological polar surface area (TPSA) is 63.6 Å². The number of thiophene rings is 1. The number of aromatic nitrogens is 1. The molecule has 1 N–H and O–H groups in total. The number of rotatable bonds is 5. The van der Waals surface area contributed by atoms with Gasteiger partial charge in [0.15, 0.2) is 0 Å². The SMILES string of the molecule is CCOC(=O)c1c(NC(=O)c2c(C)c3ccccc3n2CC)sc2c1CCN(C)C2. The molecule has 3 aromatic rings. The lowest BCUT2D eigenvalue weighted by Gasteiger charge is -2.22. The van der Waals surface area contributed by atoms with Crippen LogP contribution >= 0.6 is 11.3 Å². The second kappa shape index (κ2) is 8.24. The summed E-state index contributed by atoms with van der Waals surface area (Å²) in [4.78, 5) is 29.5. The second-order valence-corrected chi connectivity index (χ2v) is 8.71. The summed E-state index contributed by atoms with van der Waals surface area (Å²) in [6.45, 7) is 8.46. The van der Waals surface area contributed by atoms with Crippen molar-refractivity contribution in [2.75, 3.05) is 25.5 Å². The maximum absolute atomic E-state index is 13.4. The van der Waals surface area contributed by atoms with Crippen molar-refractivity contribution in [1.29, 1.82) is 0 Å². The van der Waals surface area contributed by atoms with E-state index in [9.17, 15) is 9.59 Å². The van der Waals surface area contributed by atoms with E-state index in [1.807, 2.05) is 42.7 Å². The monoisotopic (exact) mass is 425 g/mol. The van der Waals surface area contributed by atoms with Crippen LogP contribution in [0, 0.1) is 6.92 Å². The molecule has 4 rings (SSSR count). The van der Waals surface area contributed by atoms with Crippen LogP contribution in [0.25, 0.3) is 10.9 Å². The molecule has 0 unspecified atom stereocenters. The van der Waals surface area contributed by atoms with Gasteiger partial charge in [-0.05, 0) is 51.4 Å². The van der Waals surface area contributed by atoms with Crippen molar-refractivity contribution in [3.63, 3.8) is 0 Å². The Balaban J connectivity index is 1.76. The zero-order valence-electron chi connectivity index (χ0n) is 17.9. The average Bonchev–Trinajstić information content (AvgIpc) is 3.22. The van der Waals surface area contributed by atoms with E-state index in [0.29, 0.717) is 29.4 Å². The van der Waals surface area contributed by atoms with Gasteiger partial charge in [-0.15, -0.1) is 11.3 Å². The van der Waals surface area contributed by atoms with Gasteiger partial charge < -0.3 is 19.5 Å². The molecule has 0 saturated heterocycles. The number of para-hydroxylation sites is 1. The molecular formula is C23H27N3O3S. The van der Waals surface area contributed by atoms with E-state index in [4.69, 9.17) is 4.74 Å². The second-order valence-electron chi connectivity index (χ2n) is 7.61. The molecule has 1 aliphatic rings. The first-order chi connectivity index (χ1) is 14.5. The van der Waals surface area contributed by atoms with Crippen LogP contribution < -0.4 is 5.32 Å². The summed E-state index contributed by atoms with van der Waals surface area (Å²) in [5.74, 6) is -0.550. The van der Waals surface area contributed by atoms with Crippen LogP contribution in [0.5, 0.6) is 0 Å². The van der Waals surface area contributed by atoms with Crippen LogP contribution in [0.15, 0.2) is 24.3 Å². The number of anilines is 1. The Hall–Kier alpha value is -2.64. The van der Waals surface area contributed by atoms with E-state index in [0.717, 1.165) is 46.4 Å². The first-order valence-corrected chi connectivity index (χ1v) is 11.2. The maximum atomic E-state index is 13.4. The quantitative estimate of drug-likeness (QED) is 0.614. The van der Waals surface area contributed by atoms with Crippen LogP contribution in [0.1, 0.15) is 50.7 Å². The van der Waals surface area contributed by atoms with Crippen molar-refractivity contribution in [2.45, 2.75) is 40.3 Å². The number of fused-ring (bicyclic) bond motifs is 2. The summed E-state index contributed by atoms with van der Waals surface area (Å²) >= 11 is 1.49. The van der Waals surface area contributed by atoms with Gasteiger partial charge in [0.1, 0.15) is 10.7 Å². The van der Waals surface area contributed by atoms with Crippen LogP contribution in [-0.2, 0) is 24.2 Å². The Kier molecular flexibility index (Phi) is 5.66. The molecule has 3 heterocycles. The van der Waals surface area contributed by atoms with Crippen molar-refractivity contribution >= 4 is 39.1 Å². The van der Waals surface area contributed by atoms with Gasteiger partial charge in [0.2, 0.25) is 0 Å². The molecule has 0 aliphatic carbocycles. The minimum atomic E-state index is -0.359. The van der Waals surface area contributed by atoms with E-state index in [1.165, 1.54) is 11.3 Å². The van der Waals surface area contributed by atoms with E-state index in [1.54, 1.807) is 6.92 Å². The number of nitrogens with one attached hydrogen (secondary N) is 1. The fourth-order valence-electron chi connectivity index (χ4n) is 4.30. The van der Waals surface area contributed by atoms with Gasteiger partial charge in [-0.1, -0.05) is 18.2 Å². The minimum absolute atomic E-state index is 0.192. The van der Waals surface area contributed by atoms with Crippen LogP contribution in [0.2, 0.25) is 0 Å². The lowest BCUT2D eigenvalue weighted by atomic mass is 10.0. The Morgan fingerprint density at radius 3 is 2.73 bits per heavy atom. The first kappa shape index (κ1) is 20.6. The Bertz CT molecular complexity index is 1130. The fourth-order valence-corrected chi connectivity index (χ4v) is 5.61. The van der Waals surface area contributed by atoms with Crippen molar-refractivity contribution in [2.24, 2.45) is 0 Å². The Labute approximate surface area is 180 Å². The molecule has 0 bridgehead atoms. The molecule has 30 heavy (non-hydrogen) atoms. The number of benzene rings is 1. The third-order valence-corrected chi connectivity index (χ3v) is 6.84. The number of hydrogen-bond donors (Lipinski definition) is 1. The molecular weight excluding hydrogens is 398 g/mol. The van der Waals surface area contributed by atoms with Crippen LogP contribution in [-0.4, -0.2) is 41.5 Å². The maximum Gasteiger partial charge on any atom is 0.341 e. The number of carbonyl (C=O) groups excluding carboxylic acids is 2. The highest BCUT2D eigenvalue weighted by Gasteiger charge is 2.30. The van der Waals surface area contributed by atoms with Crippen molar-refractivity contribution in [3.8, 4) is 0 Å². The van der Waals surface area contributed by atoms with E-state index < -0.39 is 0 Å². The fraction of sp³-hybridized carbons (Fsp3) is 0.391. The molecule has 0 radical (unpaired) electrons. The number of esters is 1. The highest BCUT2D eigenvalue weighted by molar-refractivity contribution is 7.17. The van der Waals surface area contributed by atoms with Crippen molar-refractivity contribution in [3.05, 3.63) is 51.5 Å². The summed E-state index contributed by atoms with van der Waals surface area (Å²) in [6.07, 6.45) is 0.778. The van der Waals surface area contributed by atoms with Crippen molar-refractivity contribution < 1.29 is 14.3 Å². The highest BCUT2D eigenvalue weighted by Crippen LogP contribution is 2.38. The van der Waals surface area contributed by atoms with Gasteiger partial charge in [-0.3, -0.25) is 4.79 Å². The first-order valence-electron chi connectivity index (χ1n) is 10.4. The largest absolute Gasteiger partial charge is 0.462 e. The summed E-state index contributed by atoms with van der Waals surface area (Å²) in [5.41, 5.74) is 4.16.